The van der Waals surface area contributed by atoms with E-state index in [1.54, 1.807) is 36.1 Å². The summed E-state index contributed by atoms with van der Waals surface area (Å²) in [6.07, 6.45) is 4.07. The number of aryl methyl sites for hydroxylation is 1. The zero-order chi connectivity index (χ0) is 17.8. The molecule has 0 aliphatic carbocycles. The minimum absolute atomic E-state index is 0.0294. The minimum Gasteiger partial charge on any atom is -0.343 e. The van der Waals surface area contributed by atoms with Crippen molar-refractivity contribution in [2.75, 3.05) is 13.6 Å². The predicted molar refractivity (Wildman–Crippen MR) is 93.4 cm³/mol. The fraction of sp³-hybridized carbons (Fsp3) is 0.389. The number of hydrogen-bond donors (Lipinski definition) is 2. The Balaban J connectivity index is 1.61. The molecule has 1 fully saturated rings. The van der Waals surface area contributed by atoms with E-state index in [0.29, 0.717) is 19.5 Å². The second kappa shape index (κ2) is 7.48. The summed E-state index contributed by atoms with van der Waals surface area (Å²) in [4.78, 5) is 26.9. The standard InChI is InChI=1S/C18H23N5O2/c1-19-16(14-10-20-22(2)12-14)17(24)21-15-8-9-23(18(15)25)11-13-6-4-3-5-7-13/h3-7,10,12,15-16,19H,8-9,11H2,1-2H3,(H,21,24). The lowest BCUT2D eigenvalue weighted by Crippen LogP contribution is -2.45. The lowest BCUT2D eigenvalue weighted by molar-refractivity contribution is -0.133. The van der Waals surface area contributed by atoms with Gasteiger partial charge in [0.25, 0.3) is 0 Å². The van der Waals surface area contributed by atoms with Crippen LogP contribution in [0.1, 0.15) is 23.6 Å². The normalized spacial score (nSPS) is 18.4. The van der Waals surface area contributed by atoms with Crippen LogP contribution in [0.4, 0.5) is 0 Å². The van der Waals surface area contributed by atoms with Crippen LogP contribution in [0.5, 0.6) is 0 Å². The van der Waals surface area contributed by atoms with Gasteiger partial charge in [0.2, 0.25) is 11.8 Å². The molecule has 2 aromatic rings. The van der Waals surface area contributed by atoms with Crippen LogP contribution >= 0.6 is 0 Å². The smallest absolute Gasteiger partial charge is 0.245 e. The third-order valence-electron chi connectivity index (χ3n) is 4.44. The van der Waals surface area contributed by atoms with Crippen molar-refractivity contribution in [3.63, 3.8) is 0 Å². The van der Waals surface area contributed by atoms with Crippen molar-refractivity contribution in [1.29, 1.82) is 0 Å². The number of aromatic nitrogens is 2. The van der Waals surface area contributed by atoms with Gasteiger partial charge >= 0.3 is 0 Å². The van der Waals surface area contributed by atoms with Gasteiger partial charge in [-0.1, -0.05) is 30.3 Å². The van der Waals surface area contributed by atoms with E-state index in [-0.39, 0.29) is 11.8 Å². The van der Waals surface area contributed by atoms with Crippen LogP contribution in [-0.4, -0.2) is 46.1 Å². The highest BCUT2D eigenvalue weighted by Gasteiger charge is 2.34. The highest BCUT2D eigenvalue weighted by molar-refractivity contribution is 5.91. The average Bonchev–Trinajstić information content (AvgIpc) is 3.17. The number of rotatable bonds is 6. The number of likely N-dealkylation sites (N-methyl/N-ethyl adjacent to an activating group) is 1. The third kappa shape index (κ3) is 3.88. The molecule has 2 heterocycles. The topological polar surface area (TPSA) is 79.3 Å². The van der Waals surface area contributed by atoms with Gasteiger partial charge in [0.1, 0.15) is 12.1 Å². The number of nitrogens with zero attached hydrogens (tertiary/aromatic N) is 3. The Morgan fingerprint density at radius 2 is 2.12 bits per heavy atom. The summed E-state index contributed by atoms with van der Waals surface area (Å²) in [6.45, 7) is 1.22. The van der Waals surface area contributed by atoms with Crippen molar-refractivity contribution in [2.45, 2.75) is 25.0 Å². The molecule has 7 heteroatoms. The number of benzene rings is 1. The Hall–Kier alpha value is -2.67. The second-order valence-corrected chi connectivity index (χ2v) is 6.26. The Morgan fingerprint density at radius 1 is 1.36 bits per heavy atom. The maximum atomic E-state index is 12.6. The molecule has 2 atom stereocenters. The molecule has 0 bridgehead atoms. The van der Waals surface area contributed by atoms with E-state index in [4.69, 9.17) is 0 Å². The van der Waals surface area contributed by atoms with Crippen LogP contribution < -0.4 is 10.6 Å². The Bertz CT molecular complexity index is 743. The van der Waals surface area contributed by atoms with Gasteiger partial charge in [0.05, 0.1) is 6.20 Å². The zero-order valence-corrected chi connectivity index (χ0v) is 14.5. The van der Waals surface area contributed by atoms with Gasteiger partial charge in [0, 0.05) is 31.9 Å². The Morgan fingerprint density at radius 3 is 2.76 bits per heavy atom. The van der Waals surface area contributed by atoms with E-state index in [1.807, 2.05) is 30.3 Å². The van der Waals surface area contributed by atoms with Crippen molar-refractivity contribution in [3.05, 3.63) is 53.9 Å². The van der Waals surface area contributed by atoms with Gasteiger partial charge in [-0.15, -0.1) is 0 Å². The molecule has 1 saturated heterocycles. The van der Waals surface area contributed by atoms with Crippen LogP contribution in [0.15, 0.2) is 42.7 Å². The van der Waals surface area contributed by atoms with Gasteiger partial charge < -0.3 is 15.5 Å². The number of carbonyl (C=O) groups excluding carboxylic acids is 2. The number of likely N-dealkylation sites (tertiary alicyclic amines) is 1. The van der Waals surface area contributed by atoms with E-state index in [9.17, 15) is 9.59 Å². The highest BCUT2D eigenvalue weighted by atomic mass is 16.2. The van der Waals surface area contributed by atoms with Crippen LogP contribution in [0.2, 0.25) is 0 Å². The van der Waals surface area contributed by atoms with Crippen molar-refractivity contribution in [1.82, 2.24) is 25.3 Å². The lowest BCUT2D eigenvalue weighted by atomic mass is 10.1. The van der Waals surface area contributed by atoms with Crippen molar-refractivity contribution >= 4 is 11.8 Å². The number of amides is 2. The molecule has 0 spiro atoms. The first kappa shape index (κ1) is 17.2. The first-order chi connectivity index (χ1) is 12.1. The molecule has 0 saturated carbocycles. The molecule has 2 amide bonds. The van der Waals surface area contributed by atoms with E-state index in [1.165, 1.54) is 0 Å². The predicted octanol–water partition coefficient (Wildman–Crippen LogP) is 0.598. The van der Waals surface area contributed by atoms with Crippen LogP contribution in [-0.2, 0) is 23.2 Å². The molecule has 132 valence electrons. The fourth-order valence-electron chi connectivity index (χ4n) is 3.13. The van der Waals surface area contributed by atoms with Gasteiger partial charge in [-0.3, -0.25) is 14.3 Å². The van der Waals surface area contributed by atoms with Gasteiger partial charge in [-0.25, -0.2) is 0 Å². The van der Waals surface area contributed by atoms with Crippen molar-refractivity contribution in [3.8, 4) is 0 Å². The van der Waals surface area contributed by atoms with Crippen LogP contribution in [0.3, 0.4) is 0 Å². The summed E-state index contributed by atoms with van der Waals surface area (Å²) in [5.74, 6) is -0.242. The first-order valence-electron chi connectivity index (χ1n) is 8.37. The molecular formula is C18H23N5O2. The molecule has 2 N–H and O–H groups in total. The highest BCUT2D eigenvalue weighted by Crippen LogP contribution is 2.17. The SMILES string of the molecule is CNC(C(=O)NC1CCN(Cc2ccccc2)C1=O)c1cnn(C)c1. The molecular weight excluding hydrogens is 318 g/mol. The third-order valence-corrected chi connectivity index (χ3v) is 4.44. The lowest BCUT2D eigenvalue weighted by Gasteiger charge is -2.19. The Labute approximate surface area is 147 Å². The molecule has 0 radical (unpaired) electrons. The summed E-state index contributed by atoms with van der Waals surface area (Å²) in [7, 11) is 3.52. The zero-order valence-electron chi connectivity index (χ0n) is 14.5. The molecule has 1 aromatic heterocycles. The summed E-state index contributed by atoms with van der Waals surface area (Å²) >= 11 is 0. The van der Waals surface area contributed by atoms with Crippen molar-refractivity contribution in [2.24, 2.45) is 7.05 Å². The Kier molecular flexibility index (Phi) is 5.14. The summed E-state index contributed by atoms with van der Waals surface area (Å²) in [5, 5.41) is 9.95. The monoisotopic (exact) mass is 341 g/mol. The average molecular weight is 341 g/mol. The van der Waals surface area contributed by atoms with Gasteiger partial charge in [-0.2, -0.15) is 5.10 Å². The molecule has 7 nitrogen and oxygen atoms in total. The quantitative estimate of drug-likeness (QED) is 0.806. The molecule has 1 aliphatic heterocycles. The number of hydrogen-bond acceptors (Lipinski definition) is 4. The molecule has 1 aromatic carbocycles. The van der Waals surface area contributed by atoms with Crippen molar-refractivity contribution < 1.29 is 9.59 Å². The fourth-order valence-corrected chi connectivity index (χ4v) is 3.13. The van der Waals surface area contributed by atoms with E-state index >= 15 is 0 Å². The maximum absolute atomic E-state index is 12.6. The minimum atomic E-state index is -0.523. The molecule has 1 aliphatic rings. The summed E-state index contributed by atoms with van der Waals surface area (Å²) in [6, 6.07) is 8.88. The summed E-state index contributed by atoms with van der Waals surface area (Å²) in [5.41, 5.74) is 1.86. The summed E-state index contributed by atoms with van der Waals surface area (Å²) < 4.78 is 1.65. The molecule has 25 heavy (non-hydrogen) atoms. The largest absolute Gasteiger partial charge is 0.343 e. The van der Waals surface area contributed by atoms with E-state index in [0.717, 1.165) is 11.1 Å². The molecule has 3 rings (SSSR count). The van der Waals surface area contributed by atoms with E-state index < -0.39 is 12.1 Å². The van der Waals surface area contributed by atoms with Gasteiger partial charge in [0.15, 0.2) is 0 Å². The number of carbonyl (C=O) groups is 2. The maximum Gasteiger partial charge on any atom is 0.245 e. The second-order valence-electron chi connectivity index (χ2n) is 6.26. The van der Waals surface area contributed by atoms with Crippen LogP contribution in [0.25, 0.3) is 0 Å². The molecule has 2 unspecified atom stereocenters. The number of nitrogens with one attached hydrogen (secondary N) is 2. The van der Waals surface area contributed by atoms with Crippen LogP contribution in [0, 0.1) is 0 Å². The van der Waals surface area contributed by atoms with Gasteiger partial charge in [-0.05, 0) is 19.0 Å². The first-order valence-corrected chi connectivity index (χ1v) is 8.37. The van der Waals surface area contributed by atoms with E-state index in [2.05, 4.69) is 15.7 Å².